The molecule has 1 rings (SSSR count). The zero-order valence-corrected chi connectivity index (χ0v) is 11.0. The van der Waals surface area contributed by atoms with Crippen molar-refractivity contribution in [2.75, 3.05) is 17.2 Å². The Bertz CT molecular complexity index is 444. The summed E-state index contributed by atoms with van der Waals surface area (Å²) in [6.45, 7) is 3.39. The van der Waals surface area contributed by atoms with Crippen molar-refractivity contribution in [1.82, 2.24) is 4.98 Å². The second-order valence-electron chi connectivity index (χ2n) is 3.68. The highest BCUT2D eigenvalue weighted by molar-refractivity contribution is 8.01. The number of hydrogen-bond donors (Lipinski definition) is 1. The van der Waals surface area contributed by atoms with E-state index in [0.29, 0.717) is 11.4 Å². The van der Waals surface area contributed by atoms with Crippen LogP contribution in [-0.4, -0.2) is 30.2 Å². The van der Waals surface area contributed by atoms with Gasteiger partial charge in [-0.1, -0.05) is 0 Å². The first-order chi connectivity index (χ1) is 7.43. The van der Waals surface area contributed by atoms with Crippen LogP contribution in [0, 0.1) is 0 Å². The first-order valence-corrected chi connectivity index (χ1v) is 7.67. The highest BCUT2D eigenvalue weighted by Gasteiger charge is 2.15. The van der Waals surface area contributed by atoms with Crippen molar-refractivity contribution in [3.05, 3.63) is 18.5 Å². The summed E-state index contributed by atoms with van der Waals surface area (Å²) in [6, 6.07) is 1.79. The van der Waals surface area contributed by atoms with Crippen LogP contribution in [0.4, 0.5) is 5.69 Å². The second kappa shape index (κ2) is 5.54. The van der Waals surface area contributed by atoms with Crippen molar-refractivity contribution in [1.29, 1.82) is 0 Å². The van der Waals surface area contributed by atoms with Crippen LogP contribution in [0.5, 0.6) is 0 Å². The molecule has 6 heteroatoms. The van der Waals surface area contributed by atoms with E-state index in [1.807, 2.05) is 0 Å². The highest BCUT2D eigenvalue weighted by atomic mass is 32.2. The van der Waals surface area contributed by atoms with E-state index in [1.165, 1.54) is 11.8 Å². The zero-order valence-electron chi connectivity index (χ0n) is 9.38. The van der Waals surface area contributed by atoms with Crippen LogP contribution in [0.2, 0.25) is 0 Å². The molecule has 0 bridgehead atoms. The number of hydrogen-bond acceptors (Lipinski definition) is 5. The molecule has 0 fully saturated rings. The molecule has 0 aromatic carbocycles. The van der Waals surface area contributed by atoms with Crippen LogP contribution in [0.3, 0.4) is 0 Å². The molecule has 2 N–H and O–H groups in total. The first kappa shape index (κ1) is 13.3. The van der Waals surface area contributed by atoms with E-state index < -0.39 is 9.84 Å². The number of anilines is 1. The van der Waals surface area contributed by atoms with E-state index in [-0.39, 0.29) is 11.0 Å². The van der Waals surface area contributed by atoms with Crippen LogP contribution in [0.1, 0.15) is 13.8 Å². The van der Waals surface area contributed by atoms with Crippen molar-refractivity contribution in [3.63, 3.8) is 0 Å². The van der Waals surface area contributed by atoms with Gasteiger partial charge in [-0.05, 0) is 19.9 Å². The van der Waals surface area contributed by atoms with Gasteiger partial charge in [0.05, 0.1) is 22.9 Å². The van der Waals surface area contributed by atoms with Gasteiger partial charge in [0.25, 0.3) is 0 Å². The summed E-state index contributed by atoms with van der Waals surface area (Å²) in [6.07, 6.45) is 3.22. The molecule has 16 heavy (non-hydrogen) atoms. The maximum Gasteiger partial charge on any atom is 0.153 e. The minimum Gasteiger partial charge on any atom is -0.397 e. The standard InChI is InChI=1S/C10H16N2O2S2/c1-8(2)16(13,14)6-5-15-10-3-4-12-7-9(10)11/h3-4,7-8H,5-6,11H2,1-2H3. The summed E-state index contributed by atoms with van der Waals surface area (Å²) in [5.41, 5.74) is 6.29. The summed E-state index contributed by atoms with van der Waals surface area (Å²) in [4.78, 5) is 4.76. The largest absolute Gasteiger partial charge is 0.397 e. The summed E-state index contributed by atoms with van der Waals surface area (Å²) >= 11 is 1.45. The Labute approximate surface area is 101 Å². The maximum atomic E-state index is 11.5. The lowest BCUT2D eigenvalue weighted by Gasteiger charge is -2.08. The molecule has 0 amide bonds. The van der Waals surface area contributed by atoms with Gasteiger partial charge in [0.1, 0.15) is 0 Å². The van der Waals surface area contributed by atoms with E-state index in [2.05, 4.69) is 4.98 Å². The van der Waals surface area contributed by atoms with Gasteiger partial charge in [-0.2, -0.15) is 0 Å². The molecule has 1 aromatic rings. The number of nitrogens with two attached hydrogens (primary N) is 1. The number of sulfone groups is 1. The molecule has 0 aliphatic heterocycles. The molecule has 0 unspecified atom stereocenters. The number of thioether (sulfide) groups is 1. The Balaban J connectivity index is 2.52. The average Bonchev–Trinajstić information content (AvgIpc) is 2.20. The lowest BCUT2D eigenvalue weighted by Crippen LogP contribution is -2.18. The van der Waals surface area contributed by atoms with Crippen LogP contribution >= 0.6 is 11.8 Å². The summed E-state index contributed by atoms with van der Waals surface area (Å²) in [7, 11) is -2.96. The topological polar surface area (TPSA) is 73.0 Å². The maximum absolute atomic E-state index is 11.5. The fraction of sp³-hybridized carbons (Fsp3) is 0.500. The zero-order chi connectivity index (χ0) is 12.2. The van der Waals surface area contributed by atoms with E-state index >= 15 is 0 Å². The molecule has 0 saturated heterocycles. The van der Waals surface area contributed by atoms with Gasteiger partial charge in [0.2, 0.25) is 0 Å². The number of nitrogen functional groups attached to an aromatic ring is 1. The Morgan fingerprint density at radius 3 is 2.75 bits per heavy atom. The van der Waals surface area contributed by atoms with Crippen molar-refractivity contribution >= 4 is 27.3 Å². The predicted octanol–water partition coefficient (Wildman–Crippen LogP) is 1.58. The van der Waals surface area contributed by atoms with Crippen LogP contribution < -0.4 is 5.73 Å². The predicted molar refractivity (Wildman–Crippen MR) is 68.3 cm³/mol. The fourth-order valence-corrected chi connectivity index (χ4v) is 3.36. The third-order valence-electron chi connectivity index (χ3n) is 2.15. The molecule has 1 heterocycles. The molecule has 1 aromatic heterocycles. The van der Waals surface area contributed by atoms with E-state index in [9.17, 15) is 8.42 Å². The van der Waals surface area contributed by atoms with Crippen molar-refractivity contribution in [3.8, 4) is 0 Å². The normalized spacial score (nSPS) is 11.9. The highest BCUT2D eigenvalue weighted by Crippen LogP contribution is 2.23. The fourth-order valence-electron chi connectivity index (χ4n) is 1.03. The molecule has 4 nitrogen and oxygen atoms in total. The van der Waals surface area contributed by atoms with Gasteiger partial charge in [0, 0.05) is 16.8 Å². The van der Waals surface area contributed by atoms with Gasteiger partial charge in [-0.15, -0.1) is 11.8 Å². The monoisotopic (exact) mass is 260 g/mol. The Hall–Kier alpha value is -0.750. The molecule has 0 aliphatic carbocycles. The van der Waals surface area contributed by atoms with Gasteiger partial charge in [0.15, 0.2) is 9.84 Å². The summed E-state index contributed by atoms with van der Waals surface area (Å²) in [5, 5.41) is -0.317. The molecule has 0 aliphatic rings. The lowest BCUT2D eigenvalue weighted by atomic mass is 10.4. The van der Waals surface area contributed by atoms with Crippen LogP contribution in [-0.2, 0) is 9.84 Å². The molecule has 90 valence electrons. The minimum atomic E-state index is -2.96. The Morgan fingerprint density at radius 1 is 1.50 bits per heavy atom. The number of pyridine rings is 1. The number of rotatable bonds is 5. The molecule has 0 spiro atoms. The Kier molecular flexibility index (Phi) is 4.61. The third-order valence-corrected chi connectivity index (χ3v) is 5.71. The second-order valence-corrected chi connectivity index (χ2v) is 7.49. The van der Waals surface area contributed by atoms with Gasteiger partial charge < -0.3 is 5.73 Å². The summed E-state index contributed by atoms with van der Waals surface area (Å²) in [5.74, 6) is 0.700. The van der Waals surface area contributed by atoms with E-state index in [0.717, 1.165) is 4.90 Å². The average molecular weight is 260 g/mol. The number of aromatic nitrogens is 1. The SMILES string of the molecule is CC(C)S(=O)(=O)CCSc1ccncc1N. The smallest absolute Gasteiger partial charge is 0.153 e. The van der Waals surface area contributed by atoms with E-state index in [1.54, 1.807) is 32.3 Å². The quantitative estimate of drug-likeness (QED) is 0.814. The minimum absolute atomic E-state index is 0.178. The third kappa shape index (κ3) is 3.68. The molecule has 0 radical (unpaired) electrons. The molecular formula is C10H16N2O2S2. The molecule has 0 saturated carbocycles. The van der Waals surface area contributed by atoms with Gasteiger partial charge in [-0.3, -0.25) is 4.98 Å². The Morgan fingerprint density at radius 2 is 2.19 bits per heavy atom. The number of nitrogens with zero attached hydrogens (tertiary/aromatic N) is 1. The van der Waals surface area contributed by atoms with Crippen molar-refractivity contribution < 1.29 is 8.42 Å². The molecular weight excluding hydrogens is 244 g/mol. The van der Waals surface area contributed by atoms with Crippen LogP contribution in [0.25, 0.3) is 0 Å². The summed E-state index contributed by atoms with van der Waals surface area (Å²) < 4.78 is 23.1. The van der Waals surface area contributed by atoms with Crippen molar-refractivity contribution in [2.24, 2.45) is 0 Å². The van der Waals surface area contributed by atoms with E-state index in [4.69, 9.17) is 5.73 Å². The van der Waals surface area contributed by atoms with Crippen molar-refractivity contribution in [2.45, 2.75) is 24.0 Å². The van der Waals surface area contributed by atoms with Gasteiger partial charge in [-0.25, -0.2) is 8.42 Å². The first-order valence-electron chi connectivity index (χ1n) is 4.97. The van der Waals surface area contributed by atoms with Crippen LogP contribution in [0.15, 0.2) is 23.4 Å². The lowest BCUT2D eigenvalue weighted by molar-refractivity contribution is 0.589. The van der Waals surface area contributed by atoms with Gasteiger partial charge >= 0.3 is 0 Å². The molecule has 0 atom stereocenters.